The lowest BCUT2D eigenvalue weighted by molar-refractivity contribution is -0.116. The molecule has 0 bridgehead atoms. The fourth-order valence-corrected chi connectivity index (χ4v) is 8.57. The number of methoxy groups -OCH3 is 1. The average Bonchev–Trinajstić information content (AvgIpc) is 4.04. The van der Waals surface area contributed by atoms with E-state index in [4.69, 9.17) is 14.0 Å². The van der Waals surface area contributed by atoms with E-state index >= 15 is 0 Å². The van der Waals surface area contributed by atoms with Gasteiger partial charge in [-0.3, -0.25) is 38.6 Å². The van der Waals surface area contributed by atoms with Crippen LogP contribution >= 0.6 is 7.75 Å². The van der Waals surface area contributed by atoms with E-state index in [0.717, 1.165) is 16.7 Å². The van der Waals surface area contributed by atoms with Crippen LogP contribution in [0.1, 0.15) is 77.9 Å². The molecule has 4 amide bonds. The van der Waals surface area contributed by atoms with Crippen molar-refractivity contribution in [1.82, 2.24) is 28.9 Å². The van der Waals surface area contributed by atoms with Gasteiger partial charge in [-0.15, -0.1) is 0 Å². The van der Waals surface area contributed by atoms with Gasteiger partial charge >= 0.3 is 7.75 Å². The second-order valence-electron chi connectivity index (χ2n) is 16.4. The first-order chi connectivity index (χ1) is 32.0. The molecule has 0 aliphatic carbocycles. The van der Waals surface area contributed by atoms with Crippen molar-refractivity contribution in [3.05, 3.63) is 119 Å². The number of carbonyl (C=O) groups excluding carboxylic acids is 5. The van der Waals surface area contributed by atoms with Gasteiger partial charge in [0, 0.05) is 90.7 Å². The van der Waals surface area contributed by atoms with E-state index in [1.165, 1.54) is 11.7 Å². The summed E-state index contributed by atoms with van der Waals surface area (Å²) in [5, 5.41) is 10.8. The van der Waals surface area contributed by atoms with Crippen molar-refractivity contribution >= 4 is 66.3 Å². The third-order valence-corrected chi connectivity index (χ3v) is 12.1. The van der Waals surface area contributed by atoms with Gasteiger partial charge < -0.3 is 48.9 Å². The topological polar surface area (TPSA) is 242 Å². The molecule has 21 heteroatoms. The largest absolute Gasteiger partial charge is 0.493 e. The number of rotatable bonds is 20. The zero-order valence-electron chi connectivity index (χ0n) is 37.8. The Bertz CT molecular complexity index is 2810. The number of ether oxygens (including phenoxy) is 2. The van der Waals surface area contributed by atoms with E-state index in [1.54, 1.807) is 109 Å². The molecule has 7 rings (SSSR count). The normalized spacial score (nSPS) is 15.1. The molecular weight excluding hydrogens is 884 g/mol. The van der Waals surface area contributed by atoms with Gasteiger partial charge in [-0.1, -0.05) is 24.3 Å². The van der Waals surface area contributed by atoms with Crippen molar-refractivity contribution in [2.45, 2.75) is 45.2 Å². The van der Waals surface area contributed by atoms with Gasteiger partial charge in [0.05, 0.1) is 42.8 Å². The van der Waals surface area contributed by atoms with Crippen LogP contribution in [-0.4, -0.2) is 104 Å². The van der Waals surface area contributed by atoms with Gasteiger partial charge in [-0.05, 0) is 66.8 Å². The maximum Gasteiger partial charge on any atom is 0.430 e. The van der Waals surface area contributed by atoms with Gasteiger partial charge in [-0.25, -0.2) is 9.55 Å². The minimum Gasteiger partial charge on any atom is -0.493 e. The molecule has 1 saturated heterocycles. The van der Waals surface area contributed by atoms with Gasteiger partial charge in [0.2, 0.25) is 11.7 Å². The zero-order valence-corrected chi connectivity index (χ0v) is 38.7. The number of Topliss-reactive ketones (excluding diaryl/α,β-unsaturated/α-hetero) is 1. The number of nitrogens with zero attached hydrogens (tertiary/aromatic N) is 6. The number of aromatic nitrogens is 4. The molecule has 0 saturated carbocycles. The van der Waals surface area contributed by atoms with E-state index in [-0.39, 0.29) is 85.9 Å². The van der Waals surface area contributed by atoms with E-state index in [1.807, 2.05) is 6.92 Å². The molecule has 20 nitrogen and oxygen atoms in total. The van der Waals surface area contributed by atoms with Gasteiger partial charge in [-0.2, -0.15) is 0 Å². The molecule has 1 unspecified atom stereocenters. The number of anilines is 3. The molecule has 5 N–H and O–H groups in total. The van der Waals surface area contributed by atoms with Crippen molar-refractivity contribution in [1.29, 1.82) is 0 Å². The monoisotopic (exact) mass is 936 g/mol. The Morgan fingerprint density at radius 3 is 2.40 bits per heavy atom. The summed E-state index contributed by atoms with van der Waals surface area (Å²) in [4.78, 5) is 86.6. The summed E-state index contributed by atoms with van der Waals surface area (Å²) in [6.45, 7) is 6.93. The van der Waals surface area contributed by atoms with Crippen LogP contribution in [0.15, 0.2) is 84.3 Å². The first-order valence-corrected chi connectivity index (χ1v) is 22.9. The van der Waals surface area contributed by atoms with Crippen LogP contribution in [0, 0.1) is 6.92 Å². The quantitative estimate of drug-likeness (QED) is 0.0283. The number of carbonyl (C=O) groups is 5. The second-order valence-corrected chi connectivity index (χ2v) is 17.9. The molecule has 5 aromatic rings. The van der Waals surface area contributed by atoms with Gasteiger partial charge in [0.1, 0.15) is 17.1 Å². The highest BCUT2D eigenvalue weighted by atomic mass is 31.2. The van der Waals surface area contributed by atoms with Crippen LogP contribution in [-0.2, 0) is 52.7 Å². The smallest absolute Gasteiger partial charge is 0.430 e. The molecule has 2 aliphatic heterocycles. The summed E-state index contributed by atoms with van der Waals surface area (Å²) < 4.78 is 32.6. The third-order valence-electron chi connectivity index (χ3n) is 11.0. The molecule has 2 atom stereocenters. The minimum atomic E-state index is -4.07. The van der Waals surface area contributed by atoms with E-state index in [0.29, 0.717) is 53.3 Å². The second kappa shape index (κ2) is 20.6. The maximum absolute atomic E-state index is 13.4. The van der Waals surface area contributed by atoms with Crippen molar-refractivity contribution in [3.63, 3.8) is 0 Å². The maximum atomic E-state index is 13.4. The van der Waals surface area contributed by atoms with Crippen molar-refractivity contribution < 1.29 is 47.4 Å². The predicted octanol–water partition coefficient (Wildman–Crippen LogP) is 5.47. The molecule has 0 radical (unpaired) electrons. The first kappa shape index (κ1) is 47.8. The number of amides is 4. The van der Waals surface area contributed by atoms with E-state index in [2.05, 4.69) is 37.6 Å². The third kappa shape index (κ3) is 11.8. The number of fused-ring (bicyclic) bond motifs is 2. The molecule has 2 aliphatic rings. The predicted molar refractivity (Wildman–Crippen MR) is 250 cm³/mol. The number of aryl methyl sites for hydroxylation is 4. The van der Waals surface area contributed by atoms with E-state index < -0.39 is 19.6 Å². The molecule has 352 valence electrons. The van der Waals surface area contributed by atoms with Crippen LogP contribution < -0.4 is 25.8 Å². The standard InChI is InChI=1S/C46H53N10O10P/c1-28-16-34-23-47-36-21-40(29(2)17-35(36)46(61)56(34)24-28)65-13-7-8-42(58)50-41-27-55(5)43(51-41)39(57)19-31-18-37(53(3)25-31)45(60)49-33-20-38(54(4)26-33)44(59)48-22-30-9-11-32(12-10-30)52-67(62,63)66-15-14-64-6/h9-12,17-18,20-21,23,25-27,34H,1,7-8,13-16,19,22,24H2,2-6H3,(H,48,59)(H,49,60)(H,50,58)(H2,52,62,63)/t34-/m0/s1. The van der Waals surface area contributed by atoms with Gasteiger partial charge in [0.25, 0.3) is 17.7 Å². The van der Waals surface area contributed by atoms with Crippen LogP contribution in [0.2, 0.25) is 0 Å². The van der Waals surface area contributed by atoms with Crippen molar-refractivity contribution in [2.24, 2.45) is 26.1 Å². The fourth-order valence-electron chi connectivity index (χ4n) is 7.71. The summed E-state index contributed by atoms with van der Waals surface area (Å²) in [5.41, 5.74) is 5.46. The molecule has 1 fully saturated rings. The lowest BCUT2D eigenvalue weighted by Crippen LogP contribution is -2.35. The number of hydrogen-bond acceptors (Lipinski definition) is 11. The summed E-state index contributed by atoms with van der Waals surface area (Å²) in [6, 6.07) is 13.1. The van der Waals surface area contributed by atoms with E-state index in [9.17, 15) is 33.4 Å². The number of imidazole rings is 1. The Hall–Kier alpha value is -7.12. The van der Waals surface area contributed by atoms with Crippen molar-refractivity contribution in [3.8, 4) is 5.75 Å². The highest BCUT2D eigenvalue weighted by molar-refractivity contribution is 7.54. The highest BCUT2D eigenvalue weighted by Gasteiger charge is 2.34. The lowest BCUT2D eigenvalue weighted by Gasteiger charge is -2.20. The summed E-state index contributed by atoms with van der Waals surface area (Å²) in [7, 11) is 2.39. The lowest BCUT2D eigenvalue weighted by atomic mass is 10.1. The molecule has 0 spiro atoms. The molecule has 2 aromatic carbocycles. The number of hydrogen-bond donors (Lipinski definition) is 5. The Morgan fingerprint density at radius 1 is 0.896 bits per heavy atom. The van der Waals surface area contributed by atoms with Crippen LogP contribution in [0.25, 0.3) is 0 Å². The summed E-state index contributed by atoms with van der Waals surface area (Å²) in [6.07, 6.45) is 7.78. The number of aliphatic imine (C=N–C) groups is 1. The Kier molecular flexibility index (Phi) is 14.7. The van der Waals surface area contributed by atoms with Crippen LogP contribution in [0.5, 0.6) is 5.75 Å². The van der Waals surface area contributed by atoms with Gasteiger partial charge in [0.15, 0.2) is 11.6 Å². The first-order valence-electron chi connectivity index (χ1n) is 21.4. The molecule has 67 heavy (non-hydrogen) atoms. The van der Waals surface area contributed by atoms with Crippen molar-refractivity contribution in [2.75, 3.05) is 49.2 Å². The average molecular weight is 937 g/mol. The van der Waals surface area contributed by atoms with Crippen LogP contribution in [0.3, 0.4) is 0 Å². The number of ketones is 1. The summed E-state index contributed by atoms with van der Waals surface area (Å²) >= 11 is 0. The molecule has 5 heterocycles. The SMILES string of the molecule is C=C1C[C@H]2C=Nc3cc(OCCCC(=O)Nc4cn(C)c(C(=O)Cc5cc(C(=O)Nc6cc(C(=O)NCc7ccc(NP(=O)(O)OCCOC)cc7)n(C)c6)n(C)c5)n4)c(C)cc3C(=O)N2C1. The Morgan fingerprint density at radius 2 is 1.64 bits per heavy atom. The number of nitrogens with one attached hydrogen (secondary N) is 4. The summed E-state index contributed by atoms with van der Waals surface area (Å²) in [5.74, 6) is -0.631. The number of benzene rings is 2. The molecule has 3 aromatic heterocycles. The fraction of sp³-hybridized carbons (Fsp3) is 0.326. The Balaban J connectivity index is 0.859. The van der Waals surface area contributed by atoms with Crippen LogP contribution in [0.4, 0.5) is 22.9 Å². The zero-order chi connectivity index (χ0) is 48.0. The highest BCUT2D eigenvalue weighted by Crippen LogP contribution is 2.42. The minimum absolute atomic E-state index is 0.0539. The Labute approximate surface area is 386 Å². The molecular formula is C46H53N10O10P.